The lowest BCUT2D eigenvalue weighted by Crippen LogP contribution is -2.29. The van der Waals surface area contributed by atoms with E-state index in [2.05, 4.69) is 10.7 Å². The zero-order valence-corrected chi connectivity index (χ0v) is 4.55. The number of carbonyl (C=O) groups is 1. The van der Waals surface area contributed by atoms with Gasteiger partial charge in [0.1, 0.15) is 0 Å². The highest BCUT2D eigenvalue weighted by atomic mass is 16.3. The molecule has 0 saturated carbocycles. The minimum Gasteiger partial charge on any atom is -0.460 e. The summed E-state index contributed by atoms with van der Waals surface area (Å²) in [5.74, 6) is 4.40. The second-order valence-corrected chi connectivity index (χ2v) is 1.41. The van der Waals surface area contributed by atoms with E-state index in [9.17, 15) is 4.79 Å². The molecule has 0 saturated heterocycles. The third-order valence-electron chi connectivity index (χ3n) is 0.847. The van der Waals surface area contributed by atoms with Gasteiger partial charge < -0.3 is 4.42 Å². The second kappa shape index (κ2) is 2.32. The Morgan fingerprint density at radius 3 is 3.11 bits per heavy atom. The van der Waals surface area contributed by atoms with Crippen molar-refractivity contribution < 1.29 is 9.21 Å². The van der Waals surface area contributed by atoms with Crippen molar-refractivity contribution >= 4 is 5.91 Å². The smallest absolute Gasteiger partial charge is 0.269 e. The largest absolute Gasteiger partial charge is 0.460 e. The van der Waals surface area contributed by atoms with Crippen molar-refractivity contribution in [3.05, 3.63) is 24.2 Å². The summed E-state index contributed by atoms with van der Waals surface area (Å²) in [4.78, 5) is 10.5. The Morgan fingerprint density at radius 2 is 2.67 bits per heavy atom. The Balaban J connectivity index is 2.77. The van der Waals surface area contributed by atoms with Gasteiger partial charge in [0.15, 0.2) is 6.26 Å². The molecule has 1 radical (unpaired) electrons. The number of hydrogen-bond donors (Lipinski definition) is 2. The SMILES string of the molecule is NNC(=O)c1[c]occ1. The summed E-state index contributed by atoms with van der Waals surface area (Å²) in [5.41, 5.74) is 2.24. The molecule has 0 aliphatic rings. The first-order valence-electron chi connectivity index (χ1n) is 2.30. The zero-order valence-electron chi connectivity index (χ0n) is 4.55. The van der Waals surface area contributed by atoms with E-state index in [1.807, 2.05) is 5.43 Å². The first-order valence-corrected chi connectivity index (χ1v) is 2.30. The monoisotopic (exact) mass is 125 g/mol. The number of nitrogens with one attached hydrogen (secondary N) is 1. The van der Waals surface area contributed by atoms with Crippen molar-refractivity contribution in [3.8, 4) is 0 Å². The molecule has 9 heavy (non-hydrogen) atoms. The third kappa shape index (κ3) is 1.09. The molecule has 1 amide bonds. The van der Waals surface area contributed by atoms with Crippen LogP contribution in [0, 0.1) is 6.26 Å². The van der Waals surface area contributed by atoms with E-state index >= 15 is 0 Å². The summed E-state index contributed by atoms with van der Waals surface area (Å²) >= 11 is 0. The summed E-state index contributed by atoms with van der Waals surface area (Å²) in [6, 6.07) is 1.47. The number of carbonyl (C=O) groups excluding carboxylic acids is 1. The lowest BCUT2D eigenvalue weighted by molar-refractivity contribution is 0.0952. The van der Waals surface area contributed by atoms with Crippen LogP contribution in [0.5, 0.6) is 0 Å². The average molecular weight is 125 g/mol. The van der Waals surface area contributed by atoms with Crippen LogP contribution in [0.25, 0.3) is 0 Å². The van der Waals surface area contributed by atoms with E-state index in [4.69, 9.17) is 5.84 Å². The van der Waals surface area contributed by atoms with Gasteiger partial charge in [0.2, 0.25) is 0 Å². The summed E-state index contributed by atoms with van der Waals surface area (Å²) < 4.78 is 4.50. The van der Waals surface area contributed by atoms with E-state index in [0.29, 0.717) is 5.56 Å². The molecule has 0 fully saturated rings. The maximum absolute atomic E-state index is 10.5. The van der Waals surface area contributed by atoms with Crippen LogP contribution >= 0.6 is 0 Å². The fourth-order valence-corrected chi connectivity index (χ4v) is 0.433. The molecular weight excluding hydrogens is 120 g/mol. The van der Waals surface area contributed by atoms with Gasteiger partial charge in [-0.05, 0) is 6.07 Å². The molecule has 0 bridgehead atoms. The van der Waals surface area contributed by atoms with Crippen LogP contribution in [-0.2, 0) is 0 Å². The number of hydrazine groups is 1. The third-order valence-corrected chi connectivity index (χ3v) is 0.847. The van der Waals surface area contributed by atoms with Gasteiger partial charge in [-0.15, -0.1) is 0 Å². The highest BCUT2D eigenvalue weighted by Gasteiger charge is 2.02. The Morgan fingerprint density at radius 1 is 1.89 bits per heavy atom. The molecule has 1 aromatic heterocycles. The molecule has 0 atom stereocenters. The Hall–Kier alpha value is -1.29. The topological polar surface area (TPSA) is 68.3 Å². The molecule has 0 aliphatic heterocycles. The van der Waals surface area contributed by atoms with E-state index in [-0.39, 0.29) is 0 Å². The van der Waals surface area contributed by atoms with Gasteiger partial charge >= 0.3 is 0 Å². The van der Waals surface area contributed by atoms with E-state index in [0.717, 1.165) is 0 Å². The van der Waals surface area contributed by atoms with Crippen molar-refractivity contribution in [2.45, 2.75) is 0 Å². The molecular formula is C5H5N2O2. The lowest BCUT2D eigenvalue weighted by atomic mass is 10.3. The van der Waals surface area contributed by atoms with Crippen molar-refractivity contribution in [2.24, 2.45) is 5.84 Å². The minimum absolute atomic E-state index is 0.303. The maximum atomic E-state index is 10.5. The van der Waals surface area contributed by atoms with Gasteiger partial charge in [-0.2, -0.15) is 0 Å². The van der Waals surface area contributed by atoms with Crippen LogP contribution in [0.15, 0.2) is 16.7 Å². The lowest BCUT2D eigenvalue weighted by Gasteiger charge is -1.89. The predicted octanol–water partition coefficient (Wildman–Crippen LogP) is -0.317. The van der Waals surface area contributed by atoms with Gasteiger partial charge in [0, 0.05) is 0 Å². The quantitative estimate of drug-likeness (QED) is 0.307. The Bertz CT molecular complexity index is 193. The van der Waals surface area contributed by atoms with Crippen molar-refractivity contribution in [3.63, 3.8) is 0 Å². The molecule has 0 aromatic carbocycles. The normalized spacial score (nSPS) is 9.00. The summed E-state index contributed by atoms with van der Waals surface area (Å²) in [6.07, 6.45) is 3.67. The van der Waals surface area contributed by atoms with Crippen LogP contribution < -0.4 is 11.3 Å². The molecule has 3 N–H and O–H groups in total. The predicted molar refractivity (Wildman–Crippen MR) is 29.2 cm³/mol. The van der Waals surface area contributed by atoms with Gasteiger partial charge in [0.05, 0.1) is 11.8 Å². The standard InChI is InChI=1S/C5H5N2O2/c6-7-5(8)4-1-2-9-3-4/h1-2H,6H2,(H,7,8). The zero-order chi connectivity index (χ0) is 6.69. The molecule has 1 rings (SSSR count). The Kier molecular flexibility index (Phi) is 1.51. The van der Waals surface area contributed by atoms with Gasteiger partial charge in [-0.1, -0.05) is 0 Å². The van der Waals surface area contributed by atoms with E-state index < -0.39 is 5.91 Å². The first kappa shape index (κ1) is 5.84. The van der Waals surface area contributed by atoms with Crippen LogP contribution in [0.4, 0.5) is 0 Å². The molecule has 1 aromatic rings. The molecule has 0 aliphatic carbocycles. The number of nitrogen functional groups attached to an aromatic ring is 1. The number of furan rings is 1. The number of amides is 1. The molecule has 0 unspecified atom stereocenters. The van der Waals surface area contributed by atoms with Gasteiger partial charge in [-0.3, -0.25) is 10.2 Å². The van der Waals surface area contributed by atoms with Crippen molar-refractivity contribution in [2.75, 3.05) is 0 Å². The minimum atomic E-state index is -0.399. The van der Waals surface area contributed by atoms with Crippen molar-refractivity contribution in [1.82, 2.24) is 5.43 Å². The highest BCUT2D eigenvalue weighted by molar-refractivity contribution is 5.92. The second-order valence-electron chi connectivity index (χ2n) is 1.41. The van der Waals surface area contributed by atoms with E-state index in [1.165, 1.54) is 12.3 Å². The number of nitrogens with two attached hydrogens (primary N) is 1. The fourth-order valence-electron chi connectivity index (χ4n) is 0.433. The number of rotatable bonds is 1. The molecule has 0 spiro atoms. The van der Waals surface area contributed by atoms with E-state index in [1.54, 1.807) is 0 Å². The summed E-state index contributed by atoms with van der Waals surface area (Å²) in [5, 5.41) is 0. The highest BCUT2D eigenvalue weighted by Crippen LogP contribution is 1.96. The summed E-state index contributed by atoms with van der Waals surface area (Å²) in [7, 11) is 0. The molecule has 4 heteroatoms. The van der Waals surface area contributed by atoms with Gasteiger partial charge in [0.25, 0.3) is 5.91 Å². The average Bonchev–Trinajstić information content (AvgIpc) is 2.37. The fraction of sp³-hybridized carbons (Fsp3) is 0. The molecule has 47 valence electrons. The van der Waals surface area contributed by atoms with Crippen LogP contribution in [-0.4, -0.2) is 5.91 Å². The molecule has 1 heterocycles. The maximum Gasteiger partial charge on any atom is 0.269 e. The number of hydrogen-bond acceptors (Lipinski definition) is 3. The van der Waals surface area contributed by atoms with Crippen LogP contribution in [0.3, 0.4) is 0 Å². The summed E-state index contributed by atoms with van der Waals surface area (Å²) in [6.45, 7) is 0. The van der Waals surface area contributed by atoms with Crippen LogP contribution in [0.1, 0.15) is 10.4 Å². The Labute approximate surface area is 51.6 Å². The van der Waals surface area contributed by atoms with Crippen LogP contribution in [0.2, 0.25) is 0 Å². The van der Waals surface area contributed by atoms with Gasteiger partial charge in [-0.25, -0.2) is 5.84 Å². The first-order chi connectivity index (χ1) is 4.34. The van der Waals surface area contributed by atoms with Crippen molar-refractivity contribution in [1.29, 1.82) is 0 Å². The molecule has 4 nitrogen and oxygen atoms in total.